The fourth-order valence-corrected chi connectivity index (χ4v) is 3.32. The second-order valence-electron chi connectivity index (χ2n) is 6.22. The van der Waals surface area contributed by atoms with E-state index in [-0.39, 0.29) is 12.4 Å². The van der Waals surface area contributed by atoms with Gasteiger partial charge >= 0.3 is 0 Å². The number of nitrogens with zero attached hydrogens (tertiary/aromatic N) is 1. The van der Waals surface area contributed by atoms with Gasteiger partial charge in [-0.15, -0.1) is 0 Å². The summed E-state index contributed by atoms with van der Waals surface area (Å²) in [5.41, 5.74) is 2.66. The van der Waals surface area contributed by atoms with Gasteiger partial charge in [-0.1, -0.05) is 23.7 Å². The number of para-hydroxylation sites is 2. The van der Waals surface area contributed by atoms with Gasteiger partial charge in [0.2, 0.25) is 0 Å². The standard InChI is InChI=1S/C19H22ClFN2O/c20-16-5-6-17(21)15(11-16)12-22-18-3-1-2-4-19(18)23-9-7-14(13-24)8-10-23/h1-6,11,14,22,24H,7-10,12-13H2. The van der Waals surface area contributed by atoms with E-state index in [4.69, 9.17) is 11.6 Å². The van der Waals surface area contributed by atoms with Crippen LogP contribution in [0.4, 0.5) is 15.8 Å². The van der Waals surface area contributed by atoms with Gasteiger partial charge in [-0.3, -0.25) is 0 Å². The number of aliphatic hydroxyl groups excluding tert-OH is 1. The van der Waals surface area contributed by atoms with Gasteiger partial charge in [-0.05, 0) is 49.1 Å². The highest BCUT2D eigenvalue weighted by Gasteiger charge is 2.20. The molecule has 0 spiro atoms. The highest BCUT2D eigenvalue weighted by Crippen LogP contribution is 2.30. The zero-order valence-electron chi connectivity index (χ0n) is 13.5. The molecule has 2 N–H and O–H groups in total. The Balaban J connectivity index is 1.71. The van der Waals surface area contributed by atoms with Crippen LogP contribution in [-0.4, -0.2) is 24.8 Å². The van der Waals surface area contributed by atoms with Crippen LogP contribution in [0, 0.1) is 11.7 Å². The van der Waals surface area contributed by atoms with E-state index >= 15 is 0 Å². The summed E-state index contributed by atoms with van der Waals surface area (Å²) < 4.78 is 13.9. The van der Waals surface area contributed by atoms with Gasteiger partial charge in [0.05, 0.1) is 11.4 Å². The Hall–Kier alpha value is -1.78. The Labute approximate surface area is 147 Å². The molecule has 5 heteroatoms. The second-order valence-corrected chi connectivity index (χ2v) is 6.66. The minimum atomic E-state index is -0.256. The second kappa shape index (κ2) is 7.86. The van der Waals surface area contributed by atoms with Gasteiger partial charge in [0.1, 0.15) is 5.82 Å². The fourth-order valence-electron chi connectivity index (χ4n) is 3.12. The Morgan fingerprint density at radius 2 is 1.92 bits per heavy atom. The first-order valence-electron chi connectivity index (χ1n) is 8.30. The summed E-state index contributed by atoms with van der Waals surface area (Å²) in [6, 6.07) is 12.7. The summed E-state index contributed by atoms with van der Waals surface area (Å²) in [6.07, 6.45) is 1.99. The molecule has 0 bridgehead atoms. The van der Waals surface area contributed by atoms with Crippen molar-refractivity contribution in [3.8, 4) is 0 Å². The Morgan fingerprint density at radius 1 is 1.17 bits per heavy atom. The van der Waals surface area contributed by atoms with Crippen LogP contribution in [0.3, 0.4) is 0 Å². The van der Waals surface area contributed by atoms with E-state index in [0.29, 0.717) is 23.0 Å². The van der Waals surface area contributed by atoms with Crippen LogP contribution < -0.4 is 10.2 Å². The molecule has 2 aromatic carbocycles. The number of aliphatic hydroxyl groups is 1. The van der Waals surface area contributed by atoms with Gasteiger partial charge in [-0.25, -0.2) is 4.39 Å². The number of halogens is 2. The maximum atomic E-state index is 13.9. The van der Waals surface area contributed by atoms with E-state index in [1.54, 1.807) is 12.1 Å². The molecule has 3 nitrogen and oxygen atoms in total. The van der Waals surface area contributed by atoms with E-state index in [1.165, 1.54) is 6.07 Å². The van der Waals surface area contributed by atoms with Crippen LogP contribution in [-0.2, 0) is 6.54 Å². The zero-order chi connectivity index (χ0) is 16.9. The van der Waals surface area contributed by atoms with Crippen LogP contribution in [0.15, 0.2) is 42.5 Å². The maximum Gasteiger partial charge on any atom is 0.128 e. The largest absolute Gasteiger partial charge is 0.396 e. The molecule has 24 heavy (non-hydrogen) atoms. The average molecular weight is 349 g/mol. The SMILES string of the molecule is OCC1CCN(c2ccccc2NCc2cc(Cl)ccc2F)CC1. The van der Waals surface area contributed by atoms with E-state index in [9.17, 15) is 9.50 Å². The van der Waals surface area contributed by atoms with Crippen molar-refractivity contribution in [1.82, 2.24) is 0 Å². The highest BCUT2D eigenvalue weighted by atomic mass is 35.5. The van der Waals surface area contributed by atoms with Crippen molar-refractivity contribution in [2.45, 2.75) is 19.4 Å². The third kappa shape index (κ3) is 4.00. The first-order valence-corrected chi connectivity index (χ1v) is 8.68. The van der Waals surface area contributed by atoms with E-state index in [1.807, 2.05) is 18.2 Å². The summed E-state index contributed by atoms with van der Waals surface area (Å²) in [6.45, 7) is 2.50. The van der Waals surface area contributed by atoms with E-state index in [2.05, 4.69) is 16.3 Å². The van der Waals surface area contributed by atoms with Crippen LogP contribution in [0.2, 0.25) is 5.02 Å². The minimum Gasteiger partial charge on any atom is -0.396 e. The fraction of sp³-hybridized carbons (Fsp3) is 0.368. The third-order valence-electron chi connectivity index (χ3n) is 4.59. The summed E-state index contributed by atoms with van der Waals surface area (Å²) in [5, 5.41) is 13.1. The molecular weight excluding hydrogens is 327 g/mol. The van der Waals surface area contributed by atoms with Crippen molar-refractivity contribution < 1.29 is 9.50 Å². The van der Waals surface area contributed by atoms with E-state index in [0.717, 1.165) is 37.3 Å². The van der Waals surface area contributed by atoms with Crippen molar-refractivity contribution in [1.29, 1.82) is 0 Å². The molecule has 2 aromatic rings. The Bertz CT molecular complexity index is 687. The summed E-state index contributed by atoms with van der Waals surface area (Å²) in [4.78, 5) is 2.32. The number of anilines is 2. The lowest BCUT2D eigenvalue weighted by Gasteiger charge is -2.34. The highest BCUT2D eigenvalue weighted by molar-refractivity contribution is 6.30. The molecule has 3 rings (SSSR count). The monoisotopic (exact) mass is 348 g/mol. The lowest BCUT2D eigenvalue weighted by atomic mass is 9.97. The molecule has 0 aliphatic carbocycles. The van der Waals surface area contributed by atoms with Gasteiger partial charge in [-0.2, -0.15) is 0 Å². The molecule has 0 radical (unpaired) electrons. The van der Waals surface area contributed by atoms with Gasteiger partial charge < -0.3 is 15.3 Å². The first-order chi connectivity index (χ1) is 11.7. The van der Waals surface area contributed by atoms with Crippen LogP contribution in [0.5, 0.6) is 0 Å². The zero-order valence-corrected chi connectivity index (χ0v) is 14.3. The first kappa shape index (κ1) is 17.1. The molecule has 1 aliphatic heterocycles. The summed E-state index contributed by atoms with van der Waals surface area (Å²) in [5.74, 6) is 0.148. The number of hydrogen-bond acceptors (Lipinski definition) is 3. The molecule has 0 amide bonds. The number of nitrogens with one attached hydrogen (secondary N) is 1. The lowest BCUT2D eigenvalue weighted by molar-refractivity contribution is 0.203. The van der Waals surface area contributed by atoms with Crippen molar-refractivity contribution in [3.05, 3.63) is 58.9 Å². The van der Waals surface area contributed by atoms with Crippen molar-refractivity contribution in [3.63, 3.8) is 0 Å². The topological polar surface area (TPSA) is 35.5 Å². The molecule has 1 saturated heterocycles. The number of benzene rings is 2. The Morgan fingerprint density at radius 3 is 2.67 bits per heavy atom. The molecule has 0 saturated carbocycles. The number of hydrogen-bond donors (Lipinski definition) is 2. The average Bonchev–Trinajstić information content (AvgIpc) is 2.63. The van der Waals surface area contributed by atoms with Crippen molar-refractivity contribution >= 4 is 23.0 Å². The molecule has 1 heterocycles. The lowest BCUT2D eigenvalue weighted by Crippen LogP contribution is -2.35. The van der Waals surface area contributed by atoms with Crippen molar-refractivity contribution in [2.75, 3.05) is 29.9 Å². The molecule has 1 aliphatic rings. The summed E-state index contributed by atoms with van der Waals surface area (Å²) >= 11 is 5.96. The minimum absolute atomic E-state index is 0.256. The van der Waals surface area contributed by atoms with Crippen LogP contribution in [0.1, 0.15) is 18.4 Å². The van der Waals surface area contributed by atoms with Gasteiger partial charge in [0, 0.05) is 36.8 Å². The van der Waals surface area contributed by atoms with Crippen molar-refractivity contribution in [2.24, 2.45) is 5.92 Å². The van der Waals surface area contributed by atoms with Crippen LogP contribution >= 0.6 is 11.6 Å². The smallest absolute Gasteiger partial charge is 0.128 e. The molecule has 0 atom stereocenters. The maximum absolute atomic E-state index is 13.9. The molecule has 128 valence electrons. The number of piperidine rings is 1. The normalized spacial score (nSPS) is 15.5. The molecule has 0 unspecified atom stereocenters. The molecular formula is C19H22ClFN2O. The molecule has 1 fully saturated rings. The predicted octanol–water partition coefficient (Wildman–Crippen LogP) is 4.30. The van der Waals surface area contributed by atoms with Gasteiger partial charge in [0.15, 0.2) is 0 Å². The molecule has 0 aromatic heterocycles. The predicted molar refractivity (Wildman–Crippen MR) is 97.2 cm³/mol. The summed E-state index contributed by atoms with van der Waals surface area (Å²) in [7, 11) is 0. The quantitative estimate of drug-likeness (QED) is 0.845. The van der Waals surface area contributed by atoms with E-state index < -0.39 is 0 Å². The Kier molecular flexibility index (Phi) is 5.59. The van der Waals surface area contributed by atoms with Gasteiger partial charge in [0.25, 0.3) is 0 Å². The third-order valence-corrected chi connectivity index (χ3v) is 4.83. The van der Waals surface area contributed by atoms with Crippen LogP contribution in [0.25, 0.3) is 0 Å². The number of rotatable bonds is 5.